The molecule has 1 fully saturated rings. The SMILES string of the molecule is CN1CCCC(Nc2cc(C(N)=S)ccn2)C1. The van der Waals surface area contributed by atoms with Crippen molar-refractivity contribution < 1.29 is 0 Å². The molecule has 3 N–H and O–H groups in total. The van der Waals surface area contributed by atoms with Crippen LogP contribution in [0.2, 0.25) is 0 Å². The van der Waals surface area contributed by atoms with Gasteiger partial charge in [-0.25, -0.2) is 4.98 Å². The van der Waals surface area contributed by atoms with Crippen LogP contribution in [0.3, 0.4) is 0 Å². The first-order chi connectivity index (χ1) is 8.15. The molecule has 1 aromatic rings. The van der Waals surface area contributed by atoms with Crippen LogP contribution in [0.4, 0.5) is 5.82 Å². The van der Waals surface area contributed by atoms with Gasteiger partial charge in [0.05, 0.1) is 0 Å². The monoisotopic (exact) mass is 250 g/mol. The van der Waals surface area contributed by atoms with Gasteiger partial charge in [-0.05, 0) is 38.6 Å². The molecule has 2 heterocycles. The third-order valence-electron chi connectivity index (χ3n) is 3.02. The van der Waals surface area contributed by atoms with Gasteiger partial charge in [0.1, 0.15) is 10.8 Å². The molecule has 1 aliphatic rings. The van der Waals surface area contributed by atoms with Gasteiger partial charge in [-0.15, -0.1) is 0 Å². The van der Waals surface area contributed by atoms with Gasteiger partial charge >= 0.3 is 0 Å². The van der Waals surface area contributed by atoms with Crippen LogP contribution in [0, 0.1) is 0 Å². The maximum absolute atomic E-state index is 5.61. The Bertz CT molecular complexity index is 407. The highest BCUT2D eigenvalue weighted by molar-refractivity contribution is 7.80. The van der Waals surface area contributed by atoms with Gasteiger partial charge in [0.2, 0.25) is 0 Å². The summed E-state index contributed by atoms with van der Waals surface area (Å²) in [5.41, 5.74) is 6.47. The normalized spacial score (nSPS) is 21.1. The Morgan fingerprint density at radius 2 is 2.47 bits per heavy atom. The minimum Gasteiger partial charge on any atom is -0.389 e. The highest BCUT2D eigenvalue weighted by atomic mass is 32.1. The Labute approximate surface area is 107 Å². The molecule has 0 aliphatic carbocycles. The van der Waals surface area contributed by atoms with Crippen molar-refractivity contribution in [2.24, 2.45) is 5.73 Å². The zero-order valence-corrected chi connectivity index (χ0v) is 10.8. The van der Waals surface area contributed by atoms with Gasteiger partial charge in [0.15, 0.2) is 0 Å². The molecule has 0 amide bonds. The summed E-state index contributed by atoms with van der Waals surface area (Å²) in [6.07, 6.45) is 4.15. The standard InChI is InChI=1S/C12H18N4S/c1-16-6-2-3-10(8-16)15-11-7-9(12(13)17)4-5-14-11/h4-5,7,10H,2-3,6,8H2,1H3,(H2,13,17)(H,14,15). The van der Waals surface area contributed by atoms with Crippen molar-refractivity contribution in [2.45, 2.75) is 18.9 Å². The first-order valence-electron chi connectivity index (χ1n) is 5.86. The number of likely N-dealkylation sites (N-methyl/N-ethyl adjacent to an activating group) is 1. The molecule has 0 spiro atoms. The van der Waals surface area contributed by atoms with Crippen molar-refractivity contribution in [1.29, 1.82) is 0 Å². The number of nitrogens with zero attached hydrogens (tertiary/aromatic N) is 2. The minimum absolute atomic E-state index is 0.413. The summed E-state index contributed by atoms with van der Waals surface area (Å²) in [7, 11) is 2.15. The fourth-order valence-electron chi connectivity index (χ4n) is 2.16. The van der Waals surface area contributed by atoms with Crippen LogP contribution in [-0.4, -0.2) is 41.1 Å². The molecule has 17 heavy (non-hydrogen) atoms. The van der Waals surface area contributed by atoms with Crippen LogP contribution in [-0.2, 0) is 0 Å². The van der Waals surface area contributed by atoms with E-state index < -0.39 is 0 Å². The smallest absolute Gasteiger partial charge is 0.126 e. The predicted molar refractivity (Wildman–Crippen MR) is 74.3 cm³/mol. The van der Waals surface area contributed by atoms with Crippen LogP contribution in [0.5, 0.6) is 0 Å². The molecular formula is C12H18N4S. The third kappa shape index (κ3) is 3.38. The molecule has 0 aromatic carbocycles. The van der Waals surface area contributed by atoms with E-state index in [0.717, 1.165) is 17.9 Å². The first-order valence-corrected chi connectivity index (χ1v) is 6.27. The maximum Gasteiger partial charge on any atom is 0.126 e. The number of nitrogens with two attached hydrogens (primary N) is 1. The number of likely N-dealkylation sites (tertiary alicyclic amines) is 1. The molecule has 1 aromatic heterocycles. The summed E-state index contributed by atoms with van der Waals surface area (Å²) >= 11 is 4.96. The molecule has 5 heteroatoms. The molecule has 4 nitrogen and oxygen atoms in total. The molecule has 1 atom stereocenters. The molecule has 92 valence electrons. The van der Waals surface area contributed by atoms with Crippen molar-refractivity contribution in [3.05, 3.63) is 23.9 Å². The molecule has 0 bridgehead atoms. The second-order valence-electron chi connectivity index (χ2n) is 4.54. The number of piperidine rings is 1. The summed E-state index contributed by atoms with van der Waals surface area (Å²) in [5.74, 6) is 0.857. The third-order valence-corrected chi connectivity index (χ3v) is 3.26. The lowest BCUT2D eigenvalue weighted by molar-refractivity contribution is 0.261. The number of rotatable bonds is 3. The van der Waals surface area contributed by atoms with Gasteiger partial charge in [-0.2, -0.15) is 0 Å². The molecule has 1 unspecified atom stereocenters. The quantitative estimate of drug-likeness (QED) is 0.790. The van der Waals surface area contributed by atoms with Gasteiger partial charge in [-0.1, -0.05) is 12.2 Å². The topological polar surface area (TPSA) is 54.2 Å². The highest BCUT2D eigenvalue weighted by Crippen LogP contribution is 2.14. The summed E-state index contributed by atoms with van der Waals surface area (Å²) in [6.45, 7) is 2.23. The van der Waals surface area contributed by atoms with Gasteiger partial charge < -0.3 is 16.0 Å². The summed E-state index contributed by atoms with van der Waals surface area (Å²) in [6, 6.07) is 4.21. The number of nitrogens with one attached hydrogen (secondary N) is 1. The lowest BCUT2D eigenvalue weighted by Gasteiger charge is -2.30. The zero-order valence-electron chi connectivity index (χ0n) is 10.0. The Kier molecular flexibility index (Phi) is 3.91. The van der Waals surface area contributed by atoms with E-state index in [1.54, 1.807) is 6.20 Å². The van der Waals surface area contributed by atoms with E-state index >= 15 is 0 Å². The van der Waals surface area contributed by atoms with Crippen molar-refractivity contribution >= 4 is 23.0 Å². The number of hydrogen-bond donors (Lipinski definition) is 2. The number of thiocarbonyl (C=S) groups is 1. The number of anilines is 1. The fraction of sp³-hybridized carbons (Fsp3) is 0.500. The zero-order chi connectivity index (χ0) is 12.3. The molecular weight excluding hydrogens is 232 g/mol. The summed E-state index contributed by atoms with van der Waals surface area (Å²) in [5, 5.41) is 3.44. The van der Waals surface area contributed by atoms with Crippen molar-refractivity contribution in [1.82, 2.24) is 9.88 Å². The second kappa shape index (κ2) is 5.42. The van der Waals surface area contributed by atoms with E-state index in [9.17, 15) is 0 Å². The number of aromatic nitrogens is 1. The maximum atomic E-state index is 5.61. The van der Waals surface area contributed by atoms with Crippen LogP contribution in [0.25, 0.3) is 0 Å². The molecule has 0 saturated carbocycles. The Morgan fingerprint density at radius 3 is 3.18 bits per heavy atom. The summed E-state index contributed by atoms with van der Waals surface area (Å²) < 4.78 is 0. The van der Waals surface area contributed by atoms with Crippen molar-refractivity contribution in [2.75, 3.05) is 25.5 Å². The second-order valence-corrected chi connectivity index (χ2v) is 4.98. The average molecular weight is 250 g/mol. The van der Waals surface area contributed by atoms with Crippen LogP contribution in [0.15, 0.2) is 18.3 Å². The Hall–Kier alpha value is -1.20. The van der Waals surface area contributed by atoms with E-state index in [1.165, 1.54) is 19.4 Å². The van der Waals surface area contributed by atoms with Crippen LogP contribution >= 0.6 is 12.2 Å². The number of pyridine rings is 1. The fourth-order valence-corrected chi connectivity index (χ4v) is 2.28. The van der Waals surface area contributed by atoms with Crippen molar-refractivity contribution in [3.63, 3.8) is 0 Å². The van der Waals surface area contributed by atoms with E-state index in [-0.39, 0.29) is 0 Å². The van der Waals surface area contributed by atoms with E-state index in [4.69, 9.17) is 18.0 Å². The number of hydrogen-bond acceptors (Lipinski definition) is 4. The lowest BCUT2D eigenvalue weighted by atomic mass is 10.1. The van der Waals surface area contributed by atoms with E-state index in [1.807, 2.05) is 12.1 Å². The predicted octanol–water partition coefficient (Wildman–Crippen LogP) is 1.22. The van der Waals surface area contributed by atoms with E-state index in [0.29, 0.717) is 11.0 Å². The first kappa shape index (κ1) is 12.3. The van der Waals surface area contributed by atoms with Gasteiger partial charge in [0.25, 0.3) is 0 Å². The molecule has 1 saturated heterocycles. The highest BCUT2D eigenvalue weighted by Gasteiger charge is 2.17. The minimum atomic E-state index is 0.413. The van der Waals surface area contributed by atoms with Crippen LogP contribution in [0.1, 0.15) is 18.4 Å². The van der Waals surface area contributed by atoms with Gasteiger partial charge in [-0.3, -0.25) is 0 Å². The molecule has 0 radical (unpaired) electrons. The largest absolute Gasteiger partial charge is 0.389 e. The van der Waals surface area contributed by atoms with Crippen molar-refractivity contribution in [3.8, 4) is 0 Å². The average Bonchev–Trinajstić information content (AvgIpc) is 2.29. The molecule has 1 aliphatic heterocycles. The Balaban J connectivity index is 2.02. The van der Waals surface area contributed by atoms with Crippen LogP contribution < -0.4 is 11.1 Å². The summed E-state index contributed by atoms with van der Waals surface area (Å²) in [4.78, 5) is 7.04. The molecule has 2 rings (SSSR count). The lowest BCUT2D eigenvalue weighted by Crippen LogP contribution is -2.39. The Morgan fingerprint density at radius 1 is 1.65 bits per heavy atom. The van der Waals surface area contributed by atoms with Gasteiger partial charge in [0, 0.05) is 24.3 Å². The van der Waals surface area contributed by atoms with E-state index in [2.05, 4.69) is 22.2 Å².